The third-order valence-electron chi connectivity index (χ3n) is 7.84. The molecule has 0 spiro atoms. The van der Waals surface area contributed by atoms with Gasteiger partial charge in [0.25, 0.3) is 0 Å². The van der Waals surface area contributed by atoms with Crippen molar-refractivity contribution in [2.24, 2.45) is 5.92 Å². The van der Waals surface area contributed by atoms with Gasteiger partial charge in [-0.1, -0.05) is 97.5 Å². The van der Waals surface area contributed by atoms with Crippen LogP contribution in [0.1, 0.15) is 41.6 Å². The van der Waals surface area contributed by atoms with Gasteiger partial charge in [-0.05, 0) is 52.1 Å². The number of hydrogen-bond donors (Lipinski definition) is 3. The molecule has 0 unspecified atom stereocenters. The van der Waals surface area contributed by atoms with E-state index in [0.717, 1.165) is 38.5 Å². The van der Waals surface area contributed by atoms with Crippen molar-refractivity contribution < 1.29 is 23.0 Å². The number of hydrogen-bond acceptors (Lipinski definition) is 8. The lowest BCUT2D eigenvalue weighted by Gasteiger charge is -2.41. The normalized spacial score (nSPS) is 20.2. The first-order valence-corrected chi connectivity index (χ1v) is 17.1. The number of nitrogens with one attached hydrogen (secondary N) is 2. The van der Waals surface area contributed by atoms with E-state index in [0.29, 0.717) is 5.75 Å². The van der Waals surface area contributed by atoms with Crippen LogP contribution in [-0.4, -0.2) is 40.6 Å². The van der Waals surface area contributed by atoms with Crippen LogP contribution in [0.25, 0.3) is 11.1 Å². The molecule has 4 atom stereocenters. The van der Waals surface area contributed by atoms with Gasteiger partial charge in [-0.15, -0.1) is 0 Å². The number of sulfonamides is 1. The fourth-order valence-electron chi connectivity index (χ4n) is 5.32. The zero-order valence-corrected chi connectivity index (χ0v) is 26.2. The van der Waals surface area contributed by atoms with Gasteiger partial charge in [-0.25, -0.2) is 18.1 Å². The maximum Gasteiger partial charge on any atom is 0.240 e. The summed E-state index contributed by atoms with van der Waals surface area (Å²) < 4.78 is 41.4. The number of nitrogens with zero attached hydrogens (tertiary/aromatic N) is 2. The molecule has 0 radical (unpaired) electrons. The molecule has 2 heterocycles. The average Bonchev–Trinajstić information content (AvgIpc) is 3.61. The third-order valence-corrected chi connectivity index (χ3v) is 10.2. The van der Waals surface area contributed by atoms with Gasteiger partial charge in [-0.3, -0.25) is 5.10 Å². The van der Waals surface area contributed by atoms with Crippen molar-refractivity contribution in [3.8, 4) is 11.1 Å². The van der Waals surface area contributed by atoms with Gasteiger partial charge >= 0.3 is 0 Å². The molecule has 232 valence electrons. The number of thioether (sulfide) groups is 1. The number of H-pyrrole nitrogens is 1. The average molecular weight is 643 g/mol. The third kappa shape index (κ3) is 7.52. The molecule has 1 aliphatic heterocycles. The van der Waals surface area contributed by atoms with Gasteiger partial charge in [0.05, 0.1) is 23.7 Å². The Morgan fingerprint density at radius 1 is 0.867 bits per heavy atom. The van der Waals surface area contributed by atoms with Gasteiger partial charge in [0.2, 0.25) is 10.0 Å². The first kappa shape index (κ1) is 31.2. The van der Waals surface area contributed by atoms with Crippen LogP contribution >= 0.6 is 11.8 Å². The van der Waals surface area contributed by atoms with Crippen LogP contribution in [0.15, 0.2) is 120 Å². The maximum atomic E-state index is 12.7. The predicted molar refractivity (Wildman–Crippen MR) is 172 cm³/mol. The van der Waals surface area contributed by atoms with Crippen molar-refractivity contribution in [1.29, 1.82) is 0 Å². The van der Waals surface area contributed by atoms with Crippen LogP contribution in [0.3, 0.4) is 0 Å². The fourth-order valence-corrected chi connectivity index (χ4v) is 7.30. The Morgan fingerprint density at radius 3 is 2.36 bits per heavy atom. The minimum Gasteiger partial charge on any atom is -0.392 e. The molecule has 1 aromatic heterocycles. The molecule has 0 bridgehead atoms. The summed E-state index contributed by atoms with van der Waals surface area (Å²) in [6.07, 6.45) is 0.487. The van der Waals surface area contributed by atoms with E-state index < -0.39 is 16.3 Å². The van der Waals surface area contributed by atoms with Crippen molar-refractivity contribution in [3.05, 3.63) is 132 Å². The molecule has 1 aliphatic rings. The highest BCUT2D eigenvalue weighted by molar-refractivity contribution is 7.99. The van der Waals surface area contributed by atoms with Crippen molar-refractivity contribution in [1.82, 2.24) is 19.9 Å². The van der Waals surface area contributed by atoms with Crippen LogP contribution in [0.4, 0.5) is 0 Å². The summed E-state index contributed by atoms with van der Waals surface area (Å²) in [5.74, 6) is 0.693. The summed E-state index contributed by atoms with van der Waals surface area (Å²) in [6, 6.07) is 32.0. The van der Waals surface area contributed by atoms with Crippen molar-refractivity contribution in [2.75, 3.05) is 5.75 Å². The number of aromatic amines is 1. The minimum atomic E-state index is -3.62. The van der Waals surface area contributed by atoms with Crippen molar-refractivity contribution in [3.63, 3.8) is 0 Å². The van der Waals surface area contributed by atoms with Crippen molar-refractivity contribution >= 4 is 21.8 Å². The second kappa shape index (κ2) is 14.1. The Bertz CT molecular complexity index is 1800. The van der Waals surface area contributed by atoms with Crippen LogP contribution in [0, 0.1) is 5.92 Å². The van der Waals surface area contributed by atoms with E-state index in [4.69, 9.17) is 9.47 Å². The Balaban J connectivity index is 1.23. The Morgan fingerprint density at radius 2 is 1.62 bits per heavy atom. The largest absolute Gasteiger partial charge is 0.392 e. The maximum absolute atomic E-state index is 12.7. The molecule has 9 nitrogen and oxygen atoms in total. The minimum absolute atomic E-state index is 0.0174. The van der Waals surface area contributed by atoms with Gasteiger partial charge in [-0.2, -0.15) is 5.10 Å². The Kier molecular flexibility index (Phi) is 9.74. The fraction of sp³-hybridized carbons (Fsp3) is 0.235. The van der Waals surface area contributed by atoms with Gasteiger partial charge in [0, 0.05) is 23.8 Å². The second-order valence-corrected chi connectivity index (χ2v) is 13.7. The first-order valence-electron chi connectivity index (χ1n) is 14.6. The van der Waals surface area contributed by atoms with E-state index in [9.17, 15) is 13.5 Å². The number of rotatable bonds is 11. The van der Waals surface area contributed by atoms with Crippen LogP contribution in [-0.2, 0) is 32.6 Å². The first-order chi connectivity index (χ1) is 21.9. The van der Waals surface area contributed by atoms with Gasteiger partial charge in [0.15, 0.2) is 11.4 Å². The predicted octanol–water partition coefficient (Wildman–Crippen LogP) is 6.03. The van der Waals surface area contributed by atoms with Crippen LogP contribution < -0.4 is 4.72 Å². The number of aliphatic hydroxyl groups is 1. The molecule has 0 amide bonds. The van der Waals surface area contributed by atoms with Gasteiger partial charge in [0.1, 0.15) is 6.33 Å². The lowest BCUT2D eigenvalue weighted by atomic mass is 9.91. The van der Waals surface area contributed by atoms with E-state index in [1.54, 1.807) is 42.1 Å². The van der Waals surface area contributed by atoms with Crippen molar-refractivity contribution in [2.45, 2.75) is 48.6 Å². The molecule has 0 saturated carbocycles. The smallest absolute Gasteiger partial charge is 0.240 e. The standard InChI is InChI=1S/C34H34N4O5S2/c1-23-31(21-44-34-35-22-36-38-34)42-33(43-32(23)26-15-13-24(20-39)14-16-26)29-10-6-9-28(18-29)27-8-5-7-25(17-27)19-37-45(40,41)30-11-3-2-4-12-30/h2-18,22-23,31-33,37,39H,19-21H2,1H3,(H,35,36,38)/t23-,31+,32+,33+/m0/s1. The summed E-state index contributed by atoms with van der Waals surface area (Å²) in [4.78, 5) is 4.47. The summed E-state index contributed by atoms with van der Waals surface area (Å²) in [6.45, 7) is 2.27. The number of ether oxygens (including phenoxy) is 2. The molecule has 11 heteroatoms. The number of aromatic nitrogens is 3. The number of aliphatic hydroxyl groups excluding tert-OH is 1. The lowest BCUT2D eigenvalue weighted by molar-refractivity contribution is -0.268. The lowest BCUT2D eigenvalue weighted by Crippen LogP contribution is -2.38. The molecule has 1 saturated heterocycles. The number of benzene rings is 4. The Labute approximate surface area is 267 Å². The van der Waals surface area contributed by atoms with E-state index in [1.807, 2.05) is 66.7 Å². The van der Waals surface area contributed by atoms with E-state index in [-0.39, 0.29) is 36.2 Å². The molecular formula is C34H34N4O5S2. The molecule has 1 fully saturated rings. The monoisotopic (exact) mass is 642 g/mol. The van der Waals surface area contributed by atoms with E-state index in [2.05, 4.69) is 32.9 Å². The Hall–Kier alpha value is -3.84. The molecular weight excluding hydrogens is 609 g/mol. The molecule has 0 aliphatic carbocycles. The highest BCUT2D eigenvalue weighted by Gasteiger charge is 2.38. The van der Waals surface area contributed by atoms with E-state index in [1.165, 1.54) is 6.33 Å². The second-order valence-electron chi connectivity index (χ2n) is 10.9. The summed E-state index contributed by atoms with van der Waals surface area (Å²) in [7, 11) is -3.62. The molecule has 5 aromatic rings. The topological polar surface area (TPSA) is 126 Å². The molecule has 4 aromatic carbocycles. The zero-order chi connectivity index (χ0) is 31.2. The zero-order valence-electron chi connectivity index (χ0n) is 24.6. The molecule has 6 rings (SSSR count). The summed E-state index contributed by atoms with van der Waals surface area (Å²) in [5.41, 5.74) is 5.49. The van der Waals surface area contributed by atoms with Gasteiger partial charge < -0.3 is 14.6 Å². The SMILES string of the molecule is C[C@H]1[C@@H](CSc2ncn[nH]2)O[C@@H](c2cccc(-c3cccc(CNS(=O)(=O)c4ccccc4)c3)c2)O[C@H]1c1ccc(CO)cc1. The molecule has 45 heavy (non-hydrogen) atoms. The van der Waals surface area contributed by atoms with E-state index >= 15 is 0 Å². The highest BCUT2D eigenvalue weighted by atomic mass is 32.2. The summed E-state index contributed by atoms with van der Waals surface area (Å²) >= 11 is 1.55. The van der Waals surface area contributed by atoms with Crippen LogP contribution in [0.2, 0.25) is 0 Å². The quantitative estimate of drug-likeness (QED) is 0.149. The molecule has 3 N–H and O–H groups in total. The van der Waals surface area contributed by atoms with Crippen LogP contribution in [0.5, 0.6) is 0 Å². The highest BCUT2D eigenvalue weighted by Crippen LogP contribution is 2.43. The summed E-state index contributed by atoms with van der Waals surface area (Å²) in [5, 5.41) is 17.1.